The van der Waals surface area contributed by atoms with Crippen molar-refractivity contribution in [1.82, 2.24) is 0 Å². The van der Waals surface area contributed by atoms with Crippen molar-refractivity contribution in [3.05, 3.63) is 28.8 Å². The Morgan fingerprint density at radius 3 is 2.73 bits per heavy atom. The summed E-state index contributed by atoms with van der Waals surface area (Å²) in [6, 6.07) is 4.09. The van der Waals surface area contributed by atoms with Gasteiger partial charge in [0, 0.05) is 0 Å². The van der Waals surface area contributed by atoms with Crippen molar-refractivity contribution in [3.63, 3.8) is 0 Å². The lowest BCUT2D eigenvalue weighted by Gasteiger charge is -2.11. The minimum atomic E-state index is -1.17. The summed E-state index contributed by atoms with van der Waals surface area (Å²) in [4.78, 5) is 10.7. The molecule has 0 heterocycles. The molecule has 1 rings (SSSR count). The van der Waals surface area contributed by atoms with E-state index in [4.69, 9.17) is 27.6 Å². The maximum atomic E-state index is 10.7. The Balaban J connectivity index is 3.23. The molecule has 3 N–H and O–H groups in total. The number of benzene rings is 1. The summed E-state index contributed by atoms with van der Waals surface area (Å²) in [5.74, 6) is -1.17. The van der Waals surface area contributed by atoms with Crippen molar-refractivity contribution >= 4 is 29.6 Å². The van der Waals surface area contributed by atoms with Gasteiger partial charge in [-0.05, 0) is 18.2 Å². The van der Waals surface area contributed by atoms with Crippen molar-refractivity contribution in [1.29, 1.82) is 10.9 Å². The van der Waals surface area contributed by atoms with E-state index in [2.05, 4.69) is 5.22 Å². The molecule has 0 fully saturated rings. The van der Waals surface area contributed by atoms with E-state index in [9.17, 15) is 4.79 Å². The van der Waals surface area contributed by atoms with E-state index in [-0.39, 0.29) is 10.6 Å². The third-order valence-electron chi connectivity index (χ3n) is 1.67. The van der Waals surface area contributed by atoms with Crippen LogP contribution in [0.4, 0.5) is 5.69 Å². The number of carbonyl (C=O) groups is 1. The molecule has 0 unspecified atom stereocenters. The maximum Gasteiger partial charge on any atom is 0.337 e. The lowest BCUT2D eigenvalue weighted by molar-refractivity contribution is 0.0697. The average Bonchev–Trinajstić information content (AvgIpc) is 2.21. The fourth-order valence-electron chi connectivity index (χ4n) is 0.981. The van der Waals surface area contributed by atoms with Crippen LogP contribution >= 0.6 is 11.6 Å². The number of anilines is 1. The molecule has 0 spiro atoms. The zero-order valence-corrected chi connectivity index (χ0v) is 8.19. The van der Waals surface area contributed by atoms with Crippen LogP contribution in [-0.4, -0.2) is 17.4 Å². The van der Waals surface area contributed by atoms with Crippen LogP contribution < -0.4 is 5.01 Å². The highest BCUT2D eigenvalue weighted by molar-refractivity contribution is 6.33. The number of nitrogens with zero attached hydrogens (tertiary/aromatic N) is 2. The fourth-order valence-corrected chi connectivity index (χ4v) is 1.18. The zero-order valence-electron chi connectivity index (χ0n) is 7.44. The van der Waals surface area contributed by atoms with Gasteiger partial charge in [0.15, 0.2) is 0 Å². The second-order valence-electron chi connectivity index (χ2n) is 2.54. The van der Waals surface area contributed by atoms with E-state index in [0.29, 0.717) is 5.69 Å². The van der Waals surface area contributed by atoms with E-state index in [1.165, 1.54) is 18.2 Å². The number of rotatable bonds is 4. The summed E-state index contributed by atoms with van der Waals surface area (Å²) < 4.78 is 0. The van der Waals surface area contributed by atoms with Gasteiger partial charge in [-0.15, -0.1) is 0 Å². The number of hydrogen-bond acceptors (Lipinski definition) is 4. The van der Waals surface area contributed by atoms with E-state index in [1.807, 2.05) is 0 Å². The minimum Gasteiger partial charge on any atom is -0.478 e. The Bertz CT molecular complexity index is 413. The monoisotopic (exact) mass is 226 g/mol. The molecule has 0 radical (unpaired) electrons. The first-order valence-corrected chi connectivity index (χ1v) is 4.18. The van der Waals surface area contributed by atoms with Gasteiger partial charge in [0.05, 0.1) is 16.3 Å². The Labute approximate surface area is 90.1 Å². The number of halogens is 1. The van der Waals surface area contributed by atoms with E-state index in [1.54, 1.807) is 0 Å². The molecule has 1 aromatic rings. The van der Waals surface area contributed by atoms with Gasteiger partial charge in [-0.2, -0.15) is 5.53 Å². The van der Waals surface area contributed by atoms with Crippen LogP contribution in [0.15, 0.2) is 23.4 Å². The van der Waals surface area contributed by atoms with Crippen molar-refractivity contribution in [3.8, 4) is 0 Å². The highest BCUT2D eigenvalue weighted by Gasteiger charge is 2.11. The number of carboxylic acid groups (broad SMARTS) is 1. The SMILES string of the molecule is N=CN(N=N)c1ccc(Cl)c(C(=O)O)c1. The molecule has 6 nitrogen and oxygen atoms in total. The summed E-state index contributed by atoms with van der Waals surface area (Å²) in [6.45, 7) is 0. The molecular formula is C8H7ClN4O2. The first-order valence-electron chi connectivity index (χ1n) is 3.80. The molecule has 0 amide bonds. The van der Waals surface area contributed by atoms with E-state index < -0.39 is 5.97 Å². The Morgan fingerprint density at radius 2 is 2.27 bits per heavy atom. The lowest BCUT2D eigenvalue weighted by atomic mass is 10.2. The fraction of sp³-hybridized carbons (Fsp3) is 0. The number of aromatic carboxylic acids is 1. The van der Waals surface area contributed by atoms with Gasteiger partial charge in [0.2, 0.25) is 0 Å². The summed E-state index contributed by atoms with van der Waals surface area (Å²) in [6.07, 6.45) is 0.794. The van der Waals surface area contributed by atoms with Crippen LogP contribution in [0.3, 0.4) is 0 Å². The van der Waals surface area contributed by atoms with Crippen molar-refractivity contribution in [2.24, 2.45) is 5.22 Å². The van der Waals surface area contributed by atoms with Gasteiger partial charge in [0.1, 0.15) is 6.34 Å². The zero-order chi connectivity index (χ0) is 11.4. The average molecular weight is 227 g/mol. The molecule has 0 aliphatic heterocycles. The predicted molar refractivity (Wildman–Crippen MR) is 54.8 cm³/mol. The normalized spacial score (nSPS) is 9.40. The van der Waals surface area contributed by atoms with E-state index in [0.717, 1.165) is 11.3 Å². The molecular weight excluding hydrogens is 220 g/mol. The van der Waals surface area contributed by atoms with Crippen LogP contribution in [0, 0.1) is 10.9 Å². The maximum absolute atomic E-state index is 10.7. The summed E-state index contributed by atoms with van der Waals surface area (Å²) in [7, 11) is 0. The van der Waals surface area contributed by atoms with Gasteiger partial charge >= 0.3 is 5.97 Å². The topological polar surface area (TPSA) is 101 Å². The highest BCUT2D eigenvalue weighted by Crippen LogP contribution is 2.22. The van der Waals surface area contributed by atoms with Crippen molar-refractivity contribution in [2.45, 2.75) is 0 Å². The predicted octanol–water partition coefficient (Wildman–Crippen LogP) is 2.40. The molecule has 0 atom stereocenters. The molecule has 7 heteroatoms. The van der Waals surface area contributed by atoms with Crippen molar-refractivity contribution in [2.75, 3.05) is 5.01 Å². The number of carboxylic acids is 1. The van der Waals surface area contributed by atoms with Crippen LogP contribution in [0.1, 0.15) is 10.4 Å². The summed E-state index contributed by atoms with van der Waals surface area (Å²) in [5, 5.41) is 19.7. The highest BCUT2D eigenvalue weighted by atomic mass is 35.5. The molecule has 0 bridgehead atoms. The molecule has 1 aromatic carbocycles. The van der Waals surface area contributed by atoms with E-state index >= 15 is 0 Å². The molecule has 15 heavy (non-hydrogen) atoms. The number of nitrogens with one attached hydrogen (secondary N) is 2. The Kier molecular flexibility index (Phi) is 3.35. The Hall–Kier alpha value is -1.95. The third kappa shape index (κ3) is 2.29. The third-order valence-corrected chi connectivity index (χ3v) is 2.00. The standard InChI is InChI=1S/C8H7ClN4O2/c9-7-2-1-5(13(4-10)12-11)3-6(7)8(14)15/h1-4,10-11H,(H,14,15). The van der Waals surface area contributed by atoms with Gasteiger partial charge in [-0.1, -0.05) is 16.8 Å². The quantitative estimate of drug-likeness (QED) is 0.318. The largest absolute Gasteiger partial charge is 0.478 e. The second-order valence-corrected chi connectivity index (χ2v) is 2.95. The van der Waals surface area contributed by atoms with Crippen LogP contribution in [0.25, 0.3) is 0 Å². The second kappa shape index (κ2) is 4.52. The molecule has 78 valence electrons. The molecule has 0 saturated carbocycles. The lowest BCUT2D eigenvalue weighted by Crippen LogP contribution is -2.12. The first kappa shape index (κ1) is 11.1. The Morgan fingerprint density at radius 1 is 1.60 bits per heavy atom. The van der Waals surface area contributed by atoms with Gasteiger partial charge < -0.3 is 5.11 Å². The minimum absolute atomic E-state index is 0.0929. The smallest absolute Gasteiger partial charge is 0.337 e. The summed E-state index contributed by atoms with van der Waals surface area (Å²) >= 11 is 5.65. The van der Waals surface area contributed by atoms with Gasteiger partial charge in [-0.3, -0.25) is 5.41 Å². The molecule has 0 aliphatic rings. The molecule has 0 aliphatic carbocycles. The van der Waals surface area contributed by atoms with Crippen LogP contribution in [0.5, 0.6) is 0 Å². The van der Waals surface area contributed by atoms with Gasteiger partial charge in [0.25, 0.3) is 0 Å². The number of hydrogen-bond donors (Lipinski definition) is 3. The van der Waals surface area contributed by atoms with Crippen molar-refractivity contribution < 1.29 is 9.90 Å². The van der Waals surface area contributed by atoms with Crippen LogP contribution in [0.2, 0.25) is 5.02 Å². The molecule has 0 aromatic heterocycles. The van der Waals surface area contributed by atoms with Gasteiger partial charge in [-0.25, -0.2) is 9.80 Å². The molecule has 0 saturated heterocycles. The first-order chi connectivity index (χ1) is 7.10. The summed E-state index contributed by atoms with van der Waals surface area (Å²) in [5.41, 5.74) is 6.95. The van der Waals surface area contributed by atoms with Crippen LogP contribution in [-0.2, 0) is 0 Å².